The second-order valence-corrected chi connectivity index (χ2v) is 8.35. The molecule has 0 N–H and O–H groups in total. The summed E-state index contributed by atoms with van der Waals surface area (Å²) in [6.07, 6.45) is 0. The molecule has 1 aliphatic rings. The Morgan fingerprint density at radius 3 is 2.29 bits per heavy atom. The molecule has 2 aromatic heterocycles. The second kappa shape index (κ2) is 8.53. The van der Waals surface area contributed by atoms with Crippen LogP contribution in [0.1, 0.15) is 38.2 Å². The monoisotopic (exact) mass is 422 g/mol. The molecule has 4 rings (SSSR count). The average molecular weight is 423 g/mol. The van der Waals surface area contributed by atoms with Crippen molar-refractivity contribution in [3.05, 3.63) is 52.3 Å². The van der Waals surface area contributed by atoms with Crippen molar-refractivity contribution in [2.75, 3.05) is 31.1 Å². The van der Waals surface area contributed by atoms with Crippen LogP contribution in [0.15, 0.2) is 35.1 Å². The zero-order valence-electron chi connectivity index (χ0n) is 18.7. The highest BCUT2D eigenvalue weighted by atomic mass is 16.2. The first kappa shape index (κ1) is 21.1. The number of imidazole rings is 1. The van der Waals surface area contributed by atoms with Crippen LogP contribution < -0.4 is 10.6 Å². The predicted molar refractivity (Wildman–Crippen MR) is 122 cm³/mol. The normalized spacial score (nSPS) is 14.6. The van der Waals surface area contributed by atoms with Crippen LogP contribution in [0.25, 0.3) is 11.0 Å². The number of amides is 1. The van der Waals surface area contributed by atoms with E-state index in [2.05, 4.69) is 23.7 Å². The van der Waals surface area contributed by atoms with Crippen LogP contribution in [-0.4, -0.2) is 56.1 Å². The lowest BCUT2D eigenvalue weighted by atomic mass is 10.2. The standard InChI is InChI=1S/C23H30N6O2/c1-5-28-18-8-6-7-9-19(18)29(23(28)31)15-21(30)27-12-10-26(11-13-27)20-14-17(4)24-22(25-20)16(2)3/h6-9,14,16H,5,10-13,15H2,1-4H3. The maximum Gasteiger partial charge on any atom is 0.329 e. The van der Waals surface area contributed by atoms with Crippen molar-refractivity contribution in [3.63, 3.8) is 0 Å². The number of aromatic nitrogens is 4. The fourth-order valence-corrected chi connectivity index (χ4v) is 4.15. The maximum absolute atomic E-state index is 13.0. The van der Waals surface area contributed by atoms with Crippen LogP contribution in [-0.2, 0) is 17.9 Å². The van der Waals surface area contributed by atoms with E-state index in [1.54, 1.807) is 9.13 Å². The van der Waals surface area contributed by atoms with E-state index in [0.29, 0.717) is 32.7 Å². The van der Waals surface area contributed by atoms with E-state index in [1.165, 1.54) is 0 Å². The predicted octanol–water partition coefficient (Wildman–Crippen LogP) is 2.39. The number of para-hydroxylation sites is 2. The minimum Gasteiger partial charge on any atom is -0.353 e. The first-order valence-electron chi connectivity index (χ1n) is 11.0. The van der Waals surface area contributed by atoms with Crippen LogP contribution in [0, 0.1) is 6.92 Å². The van der Waals surface area contributed by atoms with E-state index >= 15 is 0 Å². The van der Waals surface area contributed by atoms with Crippen LogP contribution in [0.4, 0.5) is 5.82 Å². The summed E-state index contributed by atoms with van der Waals surface area (Å²) < 4.78 is 3.31. The van der Waals surface area contributed by atoms with Crippen LogP contribution in [0.2, 0.25) is 0 Å². The van der Waals surface area contributed by atoms with Crippen molar-refractivity contribution < 1.29 is 4.79 Å². The summed E-state index contributed by atoms with van der Waals surface area (Å²) in [5.41, 5.74) is 2.50. The molecule has 0 radical (unpaired) electrons. The van der Waals surface area contributed by atoms with E-state index in [0.717, 1.165) is 28.4 Å². The molecule has 0 spiro atoms. The zero-order chi connectivity index (χ0) is 22.1. The third-order valence-electron chi connectivity index (χ3n) is 5.87. The number of hydrogen-bond acceptors (Lipinski definition) is 5. The van der Waals surface area contributed by atoms with Crippen molar-refractivity contribution in [2.24, 2.45) is 0 Å². The van der Waals surface area contributed by atoms with E-state index in [4.69, 9.17) is 4.98 Å². The third-order valence-corrected chi connectivity index (χ3v) is 5.87. The third kappa shape index (κ3) is 4.06. The van der Waals surface area contributed by atoms with Gasteiger partial charge in [-0.2, -0.15) is 0 Å². The molecular weight excluding hydrogens is 392 g/mol. The number of piperazine rings is 1. The van der Waals surface area contributed by atoms with Gasteiger partial charge >= 0.3 is 5.69 Å². The minimum absolute atomic E-state index is 0.0255. The summed E-state index contributed by atoms with van der Waals surface area (Å²) in [7, 11) is 0. The Morgan fingerprint density at radius 1 is 1.03 bits per heavy atom. The summed E-state index contributed by atoms with van der Waals surface area (Å²) in [6.45, 7) is 11.4. The highest BCUT2D eigenvalue weighted by molar-refractivity contribution is 5.81. The number of carbonyl (C=O) groups excluding carboxylic acids is 1. The fourth-order valence-electron chi connectivity index (χ4n) is 4.15. The Hall–Kier alpha value is -3.16. The molecule has 0 atom stereocenters. The molecular formula is C23H30N6O2. The number of carbonyl (C=O) groups is 1. The van der Waals surface area contributed by atoms with Gasteiger partial charge in [0.1, 0.15) is 18.2 Å². The van der Waals surface area contributed by atoms with Gasteiger partial charge in [0.15, 0.2) is 0 Å². The van der Waals surface area contributed by atoms with Gasteiger partial charge in [0.25, 0.3) is 0 Å². The Kier molecular flexibility index (Phi) is 5.80. The van der Waals surface area contributed by atoms with Crippen molar-refractivity contribution in [1.29, 1.82) is 0 Å². The summed E-state index contributed by atoms with van der Waals surface area (Å²) >= 11 is 0. The van der Waals surface area contributed by atoms with Gasteiger partial charge in [-0.15, -0.1) is 0 Å². The number of fused-ring (bicyclic) bond motifs is 1. The number of anilines is 1. The lowest BCUT2D eigenvalue weighted by Crippen LogP contribution is -2.50. The summed E-state index contributed by atoms with van der Waals surface area (Å²) in [5, 5.41) is 0. The smallest absolute Gasteiger partial charge is 0.329 e. The molecule has 8 nitrogen and oxygen atoms in total. The van der Waals surface area contributed by atoms with Gasteiger partial charge in [-0.3, -0.25) is 13.9 Å². The van der Waals surface area contributed by atoms with E-state index in [-0.39, 0.29) is 24.1 Å². The second-order valence-electron chi connectivity index (χ2n) is 8.35. The van der Waals surface area contributed by atoms with Crippen molar-refractivity contribution in [2.45, 2.75) is 46.7 Å². The quantitative estimate of drug-likeness (QED) is 0.631. The van der Waals surface area contributed by atoms with E-state index < -0.39 is 0 Å². The maximum atomic E-state index is 13.0. The Balaban J connectivity index is 1.47. The molecule has 1 fully saturated rings. The molecule has 1 aliphatic heterocycles. The molecule has 3 aromatic rings. The Morgan fingerprint density at radius 2 is 1.68 bits per heavy atom. The summed E-state index contributed by atoms with van der Waals surface area (Å²) in [4.78, 5) is 39.1. The van der Waals surface area contributed by atoms with Crippen molar-refractivity contribution in [3.8, 4) is 0 Å². The number of hydrogen-bond donors (Lipinski definition) is 0. The first-order chi connectivity index (χ1) is 14.9. The molecule has 1 amide bonds. The van der Waals surface area contributed by atoms with Gasteiger partial charge in [0.2, 0.25) is 5.91 Å². The van der Waals surface area contributed by atoms with Gasteiger partial charge in [0.05, 0.1) is 11.0 Å². The number of rotatable bonds is 5. The molecule has 0 unspecified atom stereocenters. The molecule has 3 heterocycles. The highest BCUT2D eigenvalue weighted by Gasteiger charge is 2.24. The average Bonchev–Trinajstić information content (AvgIpc) is 3.04. The Bertz CT molecular complexity index is 1150. The van der Waals surface area contributed by atoms with E-state index in [9.17, 15) is 9.59 Å². The van der Waals surface area contributed by atoms with E-state index in [1.807, 2.05) is 49.1 Å². The first-order valence-corrected chi connectivity index (χ1v) is 11.0. The summed E-state index contributed by atoms with van der Waals surface area (Å²) in [5.74, 6) is 2.01. The topological polar surface area (TPSA) is 76.3 Å². The lowest BCUT2D eigenvalue weighted by molar-refractivity contribution is -0.132. The number of aryl methyl sites for hydroxylation is 2. The summed E-state index contributed by atoms with van der Waals surface area (Å²) in [6, 6.07) is 9.64. The molecule has 1 saturated heterocycles. The van der Waals surface area contributed by atoms with Gasteiger partial charge in [-0.05, 0) is 26.0 Å². The lowest BCUT2D eigenvalue weighted by Gasteiger charge is -2.35. The number of nitrogens with zero attached hydrogens (tertiary/aromatic N) is 6. The largest absolute Gasteiger partial charge is 0.353 e. The molecule has 8 heteroatoms. The van der Waals surface area contributed by atoms with Crippen LogP contribution in [0.5, 0.6) is 0 Å². The molecule has 0 aliphatic carbocycles. The molecule has 164 valence electrons. The minimum atomic E-state index is -0.131. The molecule has 0 saturated carbocycles. The van der Waals surface area contributed by atoms with Crippen molar-refractivity contribution in [1.82, 2.24) is 24.0 Å². The van der Waals surface area contributed by atoms with Gasteiger partial charge in [0, 0.05) is 50.4 Å². The zero-order valence-corrected chi connectivity index (χ0v) is 18.7. The van der Waals surface area contributed by atoms with Gasteiger partial charge in [-0.25, -0.2) is 14.8 Å². The molecule has 0 bridgehead atoms. The van der Waals surface area contributed by atoms with Gasteiger partial charge in [-0.1, -0.05) is 26.0 Å². The SMILES string of the molecule is CCn1c(=O)n(CC(=O)N2CCN(c3cc(C)nc(C(C)C)n3)CC2)c2ccccc21. The fraction of sp³-hybridized carbons (Fsp3) is 0.478. The Labute approximate surface area is 182 Å². The molecule has 1 aromatic carbocycles. The molecule has 31 heavy (non-hydrogen) atoms. The van der Waals surface area contributed by atoms with Crippen molar-refractivity contribution >= 4 is 22.8 Å². The highest BCUT2D eigenvalue weighted by Crippen LogP contribution is 2.19. The van der Waals surface area contributed by atoms with Gasteiger partial charge < -0.3 is 9.80 Å². The number of benzene rings is 1. The van der Waals surface area contributed by atoms with Crippen LogP contribution in [0.3, 0.4) is 0 Å². The van der Waals surface area contributed by atoms with Crippen LogP contribution >= 0.6 is 0 Å².